The number of hydrogen-bond acceptors (Lipinski definition) is 2. The van der Waals surface area contributed by atoms with E-state index in [1.165, 1.54) is 4.90 Å². The quantitative estimate of drug-likeness (QED) is 0.544. The maximum absolute atomic E-state index is 14.4. The molecule has 2 fully saturated rings. The molecule has 2 atom stereocenters. The van der Waals surface area contributed by atoms with Gasteiger partial charge in [-0.3, -0.25) is 4.79 Å². The summed E-state index contributed by atoms with van der Waals surface area (Å²) in [7, 11) is 0. The fraction of sp³-hybridized carbons (Fsp3) is 0.435. The summed E-state index contributed by atoms with van der Waals surface area (Å²) in [5, 5.41) is 0. The van der Waals surface area contributed by atoms with Crippen molar-refractivity contribution in [3.8, 4) is 0 Å². The lowest BCUT2D eigenvalue weighted by molar-refractivity contribution is -0.138. The highest BCUT2D eigenvalue weighted by Gasteiger charge is 2.73. The van der Waals surface area contributed by atoms with Gasteiger partial charge in [-0.15, -0.1) is 0 Å². The van der Waals surface area contributed by atoms with E-state index in [-0.39, 0.29) is 37.4 Å². The molecule has 1 saturated carbocycles. The summed E-state index contributed by atoms with van der Waals surface area (Å²) in [4.78, 5) is 15.6. The minimum Gasteiger partial charge on any atom is -0.367 e. The van der Waals surface area contributed by atoms with Crippen LogP contribution < -0.4 is 4.90 Å². The maximum Gasteiger partial charge on any atom is 0.424 e. The van der Waals surface area contributed by atoms with Crippen LogP contribution in [0.5, 0.6) is 0 Å². The van der Waals surface area contributed by atoms with Crippen LogP contribution in [0.2, 0.25) is 0 Å². The van der Waals surface area contributed by atoms with Crippen LogP contribution in [-0.2, 0) is 17.1 Å². The molecule has 1 amide bonds. The predicted molar refractivity (Wildman–Crippen MR) is 105 cm³/mol. The van der Waals surface area contributed by atoms with E-state index in [0.717, 1.165) is 18.2 Å². The standard InChI is InChI=1S/C23H18F8N2O/c1-13-2-5-16(23(29,30)31)12-17(13)32-8-10-33(11-9-32)20(34)19-18(21(19,24)25)14-3-6-15(7-4-14)22(26,27)28/h3-4,6-7,12,18-19H,8-11H2,1H3/t18-,19-/m0/s1. The molecule has 4 rings (SSSR count). The first-order valence-corrected chi connectivity index (χ1v) is 10.3. The number of halogens is 8. The number of benzene rings is 1. The van der Waals surface area contributed by atoms with Gasteiger partial charge in [0.1, 0.15) is 11.5 Å². The largest absolute Gasteiger partial charge is 0.424 e. The first kappa shape index (κ1) is 24.1. The Labute approximate surface area is 189 Å². The number of carbonyl (C=O) groups excluding carboxylic acids is 1. The molecule has 2 aliphatic rings. The molecule has 1 aliphatic heterocycles. The number of amides is 1. The van der Waals surface area contributed by atoms with Crippen molar-refractivity contribution in [3.05, 3.63) is 64.7 Å². The molecule has 34 heavy (non-hydrogen) atoms. The number of hydrogen-bond donors (Lipinski definition) is 0. The van der Waals surface area contributed by atoms with Crippen LogP contribution in [0.3, 0.4) is 0 Å². The summed E-state index contributed by atoms with van der Waals surface area (Å²) < 4.78 is 106. The highest BCUT2D eigenvalue weighted by molar-refractivity contribution is 5.85. The molecule has 2 aromatic carbocycles. The molecular weight excluding hydrogens is 472 g/mol. The Kier molecular flexibility index (Phi) is 5.69. The Bertz CT molecular complexity index is 1070. The van der Waals surface area contributed by atoms with Gasteiger partial charge in [0.25, 0.3) is 5.92 Å². The monoisotopic (exact) mass is 490 g/mol. The van der Waals surface area contributed by atoms with Gasteiger partial charge in [0, 0.05) is 37.4 Å². The summed E-state index contributed by atoms with van der Waals surface area (Å²) in [5.41, 5.74) is -1.30. The minimum atomic E-state index is -4.60. The van der Waals surface area contributed by atoms with E-state index in [9.17, 15) is 39.9 Å². The van der Waals surface area contributed by atoms with Gasteiger partial charge in [0.05, 0.1) is 11.5 Å². The highest BCUT2D eigenvalue weighted by atomic mass is 19.4. The molecule has 0 unspecified atom stereocenters. The molecule has 11 heteroatoms. The van der Waals surface area contributed by atoms with Crippen molar-refractivity contribution in [2.75, 3.05) is 31.1 Å². The van der Waals surface area contributed by atoms with Crippen molar-refractivity contribution in [2.45, 2.75) is 31.1 Å². The summed E-state index contributed by atoms with van der Waals surface area (Å²) in [6.07, 6.45) is -9.20. The topological polar surface area (TPSA) is 23.6 Å². The number of nitrogens with zero attached hydrogens (tertiary/aromatic N) is 2. The van der Waals surface area contributed by atoms with Gasteiger partial charge in [-0.05, 0) is 30.7 Å². The first-order valence-electron chi connectivity index (χ1n) is 10.3. The van der Waals surface area contributed by atoms with Crippen LogP contribution in [0.1, 0.15) is 28.2 Å². The van der Waals surface area contributed by atoms with Crippen LogP contribution >= 0.6 is 0 Å². The number of rotatable bonds is 3. The second-order valence-electron chi connectivity index (χ2n) is 8.38. The van der Waals surface area contributed by atoms with Gasteiger partial charge in [0.15, 0.2) is 0 Å². The lowest BCUT2D eigenvalue weighted by atomic mass is 10.1. The Balaban J connectivity index is 1.43. The zero-order valence-corrected chi connectivity index (χ0v) is 17.7. The van der Waals surface area contributed by atoms with Crippen LogP contribution in [0, 0.1) is 25.0 Å². The first-order chi connectivity index (χ1) is 15.7. The van der Waals surface area contributed by atoms with Crippen LogP contribution in [0.15, 0.2) is 30.3 Å². The van der Waals surface area contributed by atoms with Crippen LogP contribution in [0.4, 0.5) is 40.8 Å². The average molecular weight is 490 g/mol. The van der Waals surface area contributed by atoms with E-state index >= 15 is 0 Å². The Morgan fingerprint density at radius 2 is 1.53 bits per heavy atom. The van der Waals surface area contributed by atoms with E-state index < -0.39 is 47.1 Å². The van der Waals surface area contributed by atoms with Crippen molar-refractivity contribution < 1.29 is 39.9 Å². The number of anilines is 1. The second kappa shape index (κ2) is 8.03. The molecule has 182 valence electrons. The molecule has 1 saturated heterocycles. The molecule has 0 bridgehead atoms. The Hall–Kier alpha value is -3.03. The summed E-state index contributed by atoms with van der Waals surface area (Å²) in [6, 6.07) is 8.77. The third-order valence-corrected chi connectivity index (χ3v) is 6.20. The number of carbonyl (C=O) groups is 1. The molecule has 0 aromatic heterocycles. The smallest absolute Gasteiger partial charge is 0.367 e. The highest BCUT2D eigenvalue weighted by Crippen LogP contribution is 2.62. The normalized spacial score (nSPS) is 22.4. The van der Waals surface area contributed by atoms with E-state index in [4.69, 9.17) is 0 Å². The molecule has 1 aliphatic carbocycles. The van der Waals surface area contributed by atoms with Crippen molar-refractivity contribution in [1.82, 2.24) is 4.90 Å². The van der Waals surface area contributed by atoms with E-state index in [1.54, 1.807) is 11.8 Å². The SMILES string of the molecule is Cc1c#cc(C(F)(F)F)cc1N1CCN(C(=O)[C@@H]2[C@H](c3ccc(C(F)(F)F)cc3)C2(F)F)CC1. The zero-order valence-electron chi connectivity index (χ0n) is 17.7. The second-order valence-corrected chi connectivity index (χ2v) is 8.38. The Morgan fingerprint density at radius 1 is 0.941 bits per heavy atom. The van der Waals surface area contributed by atoms with Gasteiger partial charge in [-0.1, -0.05) is 24.3 Å². The average Bonchev–Trinajstić information content (AvgIpc) is 3.34. The molecule has 2 aromatic rings. The molecule has 0 radical (unpaired) electrons. The fourth-order valence-corrected chi connectivity index (χ4v) is 4.28. The molecule has 0 spiro atoms. The predicted octanol–water partition coefficient (Wildman–Crippen LogP) is 5.33. The summed E-state index contributed by atoms with van der Waals surface area (Å²) >= 11 is 0. The fourth-order valence-electron chi connectivity index (χ4n) is 4.28. The number of alkyl halides is 8. The van der Waals surface area contributed by atoms with Gasteiger partial charge in [-0.25, -0.2) is 8.78 Å². The van der Waals surface area contributed by atoms with E-state index in [1.807, 2.05) is 0 Å². The zero-order chi connectivity index (χ0) is 25.1. The third kappa shape index (κ3) is 4.38. The lowest BCUT2D eigenvalue weighted by Crippen LogP contribution is -2.50. The van der Waals surface area contributed by atoms with Gasteiger partial charge >= 0.3 is 12.4 Å². The lowest BCUT2D eigenvalue weighted by Gasteiger charge is -2.36. The van der Waals surface area contributed by atoms with Crippen molar-refractivity contribution in [2.24, 2.45) is 5.92 Å². The summed E-state index contributed by atoms with van der Waals surface area (Å²) in [5.74, 6) is -7.42. The molecule has 0 N–H and O–H groups in total. The Morgan fingerprint density at radius 3 is 2.06 bits per heavy atom. The third-order valence-electron chi connectivity index (χ3n) is 6.20. The maximum atomic E-state index is 14.4. The van der Waals surface area contributed by atoms with Crippen molar-refractivity contribution >= 4 is 11.6 Å². The van der Waals surface area contributed by atoms with Crippen LogP contribution in [-0.4, -0.2) is 42.9 Å². The molecule has 3 nitrogen and oxygen atoms in total. The van der Waals surface area contributed by atoms with Crippen molar-refractivity contribution in [3.63, 3.8) is 0 Å². The molecular formula is C23H18F8N2O. The van der Waals surface area contributed by atoms with Crippen molar-refractivity contribution in [1.29, 1.82) is 0 Å². The molecule has 1 heterocycles. The van der Waals surface area contributed by atoms with E-state index in [0.29, 0.717) is 17.7 Å². The van der Waals surface area contributed by atoms with Crippen LogP contribution in [0.25, 0.3) is 0 Å². The van der Waals surface area contributed by atoms with Gasteiger partial charge in [0.2, 0.25) is 5.91 Å². The van der Waals surface area contributed by atoms with Gasteiger partial charge in [-0.2, -0.15) is 26.3 Å². The van der Waals surface area contributed by atoms with Gasteiger partial charge < -0.3 is 9.80 Å². The number of piperazine rings is 1. The minimum absolute atomic E-state index is 0.0184. The van der Waals surface area contributed by atoms with E-state index in [2.05, 4.69) is 12.1 Å². The summed E-state index contributed by atoms with van der Waals surface area (Å²) in [6.45, 7) is 1.87.